The Morgan fingerprint density at radius 2 is 1.79 bits per heavy atom. The van der Waals surface area contributed by atoms with Crippen LogP contribution in [-0.4, -0.2) is 31.3 Å². The van der Waals surface area contributed by atoms with Crippen molar-refractivity contribution in [3.8, 4) is 23.3 Å². The first kappa shape index (κ1) is 19.0. The van der Waals surface area contributed by atoms with E-state index in [2.05, 4.69) is 16.0 Å². The normalized spacial score (nSPS) is 11.2. The lowest BCUT2D eigenvalue weighted by molar-refractivity contribution is 0.324. The maximum atomic E-state index is 12.4. The van der Waals surface area contributed by atoms with Crippen molar-refractivity contribution >= 4 is 22.6 Å². The van der Waals surface area contributed by atoms with Crippen molar-refractivity contribution in [1.82, 2.24) is 9.97 Å². The molecular weight excluding hydrogens is 358 g/mol. The number of nitrogens with zero attached hydrogens (tertiary/aromatic N) is 2. The van der Waals surface area contributed by atoms with E-state index in [4.69, 9.17) is 14.2 Å². The van der Waals surface area contributed by atoms with E-state index in [1.165, 1.54) is 21.3 Å². The highest BCUT2D eigenvalue weighted by molar-refractivity contribution is 5.89. The molecule has 0 aliphatic carbocycles. The fraction of sp³-hybridized carbons (Fsp3) is 0.190. The van der Waals surface area contributed by atoms with Gasteiger partial charge in [-0.2, -0.15) is 5.26 Å². The Kier molecular flexibility index (Phi) is 5.32. The number of hydrogen-bond donors (Lipinski definition) is 1. The second kappa shape index (κ2) is 7.84. The van der Waals surface area contributed by atoms with Crippen LogP contribution in [0.5, 0.6) is 17.2 Å². The molecule has 0 saturated carbocycles. The number of aryl methyl sites for hydroxylation is 1. The van der Waals surface area contributed by atoms with Gasteiger partial charge in [0.05, 0.1) is 37.8 Å². The van der Waals surface area contributed by atoms with Gasteiger partial charge in [0.25, 0.3) is 5.56 Å². The summed E-state index contributed by atoms with van der Waals surface area (Å²) in [4.78, 5) is 19.5. The molecule has 0 saturated heterocycles. The Morgan fingerprint density at radius 1 is 1.11 bits per heavy atom. The first-order valence-electron chi connectivity index (χ1n) is 8.43. The number of allylic oxidation sites excluding steroid dienone is 1. The highest BCUT2D eigenvalue weighted by Crippen LogP contribution is 2.39. The molecule has 0 aliphatic heterocycles. The second-order valence-corrected chi connectivity index (χ2v) is 6.06. The summed E-state index contributed by atoms with van der Waals surface area (Å²) in [7, 11) is 4.54. The zero-order chi connectivity index (χ0) is 20.3. The van der Waals surface area contributed by atoms with Crippen LogP contribution in [0.3, 0.4) is 0 Å². The van der Waals surface area contributed by atoms with Gasteiger partial charge in [0.1, 0.15) is 6.07 Å². The fourth-order valence-corrected chi connectivity index (χ4v) is 2.89. The maximum Gasteiger partial charge on any atom is 0.259 e. The molecule has 0 radical (unpaired) electrons. The Balaban J connectivity index is 2.15. The van der Waals surface area contributed by atoms with Crippen LogP contribution in [0.4, 0.5) is 0 Å². The predicted octanol–water partition coefficient (Wildman–Crippen LogP) is 3.32. The lowest BCUT2D eigenvalue weighted by Gasteiger charge is -2.13. The van der Waals surface area contributed by atoms with E-state index in [-0.39, 0.29) is 17.0 Å². The number of aromatic nitrogens is 2. The predicted molar refractivity (Wildman–Crippen MR) is 107 cm³/mol. The lowest BCUT2D eigenvalue weighted by Crippen LogP contribution is -2.11. The first-order chi connectivity index (χ1) is 13.5. The molecule has 0 aliphatic rings. The van der Waals surface area contributed by atoms with E-state index in [1.54, 1.807) is 30.3 Å². The summed E-state index contributed by atoms with van der Waals surface area (Å²) in [5, 5.41) is 10.1. The average Bonchev–Trinajstić information content (AvgIpc) is 2.71. The number of hydrogen-bond acceptors (Lipinski definition) is 6. The van der Waals surface area contributed by atoms with Crippen molar-refractivity contribution in [2.75, 3.05) is 21.3 Å². The van der Waals surface area contributed by atoms with E-state index in [0.29, 0.717) is 33.7 Å². The highest BCUT2D eigenvalue weighted by Gasteiger charge is 2.14. The minimum Gasteiger partial charge on any atom is -0.493 e. The molecule has 0 amide bonds. The molecule has 28 heavy (non-hydrogen) atoms. The third kappa shape index (κ3) is 3.53. The number of benzene rings is 2. The molecule has 0 atom stereocenters. The van der Waals surface area contributed by atoms with Crippen LogP contribution < -0.4 is 19.8 Å². The summed E-state index contributed by atoms with van der Waals surface area (Å²) in [5.41, 5.74) is 2.03. The zero-order valence-corrected chi connectivity index (χ0v) is 16.0. The molecule has 0 fully saturated rings. The molecule has 1 N–H and O–H groups in total. The van der Waals surface area contributed by atoms with Gasteiger partial charge in [-0.1, -0.05) is 11.6 Å². The number of rotatable bonds is 5. The van der Waals surface area contributed by atoms with Crippen LogP contribution in [0.2, 0.25) is 0 Å². The Labute approximate surface area is 161 Å². The third-order valence-corrected chi connectivity index (χ3v) is 4.23. The van der Waals surface area contributed by atoms with Crippen LogP contribution in [-0.2, 0) is 0 Å². The van der Waals surface area contributed by atoms with E-state index < -0.39 is 0 Å². The van der Waals surface area contributed by atoms with Crippen LogP contribution in [0, 0.1) is 18.3 Å². The molecule has 0 bridgehead atoms. The van der Waals surface area contributed by atoms with Gasteiger partial charge in [0, 0.05) is 0 Å². The maximum absolute atomic E-state index is 12.4. The molecule has 3 rings (SSSR count). The molecule has 7 nitrogen and oxygen atoms in total. The minimum absolute atomic E-state index is 0.192. The summed E-state index contributed by atoms with van der Waals surface area (Å²) in [6.45, 7) is 1.90. The van der Waals surface area contributed by atoms with Crippen LogP contribution in [0.1, 0.15) is 17.0 Å². The molecule has 142 valence electrons. The van der Waals surface area contributed by atoms with Gasteiger partial charge < -0.3 is 19.2 Å². The Hall–Kier alpha value is -3.79. The van der Waals surface area contributed by atoms with E-state index in [1.807, 2.05) is 13.0 Å². The number of aromatic amines is 1. The molecular formula is C21H19N3O4. The van der Waals surface area contributed by atoms with Crippen LogP contribution in [0.25, 0.3) is 22.6 Å². The molecule has 7 heteroatoms. The quantitative estimate of drug-likeness (QED) is 0.685. The van der Waals surface area contributed by atoms with Crippen molar-refractivity contribution in [1.29, 1.82) is 5.26 Å². The molecule has 0 unspecified atom stereocenters. The van der Waals surface area contributed by atoms with Crippen molar-refractivity contribution < 1.29 is 14.2 Å². The summed E-state index contributed by atoms with van der Waals surface area (Å²) < 4.78 is 16.0. The molecule has 1 heterocycles. The number of ether oxygens (including phenoxy) is 3. The van der Waals surface area contributed by atoms with Crippen molar-refractivity contribution in [2.45, 2.75) is 6.92 Å². The number of H-pyrrole nitrogens is 1. The number of methoxy groups -OCH3 is 3. The third-order valence-electron chi connectivity index (χ3n) is 4.23. The summed E-state index contributed by atoms with van der Waals surface area (Å²) in [6.07, 6.45) is 1.60. The topological polar surface area (TPSA) is 97.2 Å². The van der Waals surface area contributed by atoms with E-state index in [0.717, 1.165) is 5.56 Å². The first-order valence-corrected chi connectivity index (χ1v) is 8.43. The van der Waals surface area contributed by atoms with Gasteiger partial charge in [-0.3, -0.25) is 4.79 Å². The number of nitriles is 1. The fourth-order valence-electron chi connectivity index (χ4n) is 2.89. The average molecular weight is 377 g/mol. The van der Waals surface area contributed by atoms with Gasteiger partial charge in [-0.15, -0.1) is 0 Å². The minimum atomic E-state index is -0.297. The standard InChI is InChI=1S/C21H19N3O4/c1-12-5-6-16-15(7-12)21(25)24-20(23-16)14(11-22)8-13-9-17(26-2)19(28-4)18(10-13)27-3/h5-10H,1-4H3,(H,23,24,25). The van der Waals surface area contributed by atoms with E-state index in [9.17, 15) is 10.1 Å². The van der Waals surface area contributed by atoms with Gasteiger partial charge >= 0.3 is 0 Å². The largest absolute Gasteiger partial charge is 0.493 e. The Morgan fingerprint density at radius 3 is 2.36 bits per heavy atom. The summed E-state index contributed by atoms with van der Waals surface area (Å²) >= 11 is 0. The summed E-state index contributed by atoms with van der Waals surface area (Å²) in [6, 6.07) is 10.9. The SMILES string of the molecule is COc1cc(C=C(C#N)c2nc3ccc(C)cc3c(=O)[nH]2)cc(OC)c1OC. The number of fused-ring (bicyclic) bond motifs is 1. The van der Waals surface area contributed by atoms with Gasteiger partial charge in [-0.25, -0.2) is 4.98 Å². The zero-order valence-electron chi connectivity index (χ0n) is 16.0. The van der Waals surface area contributed by atoms with Crippen molar-refractivity contribution in [2.24, 2.45) is 0 Å². The van der Waals surface area contributed by atoms with Crippen LogP contribution in [0.15, 0.2) is 35.1 Å². The van der Waals surface area contributed by atoms with Gasteiger partial charge in [0.2, 0.25) is 5.75 Å². The Bertz CT molecular complexity index is 1150. The van der Waals surface area contributed by atoms with Crippen molar-refractivity contribution in [3.63, 3.8) is 0 Å². The van der Waals surface area contributed by atoms with Gasteiger partial charge in [-0.05, 0) is 42.8 Å². The molecule has 0 spiro atoms. The van der Waals surface area contributed by atoms with Gasteiger partial charge in [0.15, 0.2) is 17.3 Å². The second-order valence-electron chi connectivity index (χ2n) is 6.06. The molecule has 1 aromatic heterocycles. The highest BCUT2D eigenvalue weighted by atomic mass is 16.5. The summed E-state index contributed by atoms with van der Waals surface area (Å²) in [5.74, 6) is 1.56. The van der Waals surface area contributed by atoms with E-state index >= 15 is 0 Å². The number of nitrogens with one attached hydrogen (secondary N) is 1. The smallest absolute Gasteiger partial charge is 0.259 e. The molecule has 2 aromatic carbocycles. The molecule has 3 aromatic rings. The van der Waals surface area contributed by atoms with Crippen molar-refractivity contribution in [3.05, 3.63) is 57.6 Å². The lowest BCUT2D eigenvalue weighted by atomic mass is 10.1. The monoisotopic (exact) mass is 377 g/mol. The van der Waals surface area contributed by atoms with Crippen LogP contribution >= 0.6 is 0 Å².